The summed E-state index contributed by atoms with van der Waals surface area (Å²) < 4.78 is 4.70. The van der Waals surface area contributed by atoms with Crippen LogP contribution in [-0.4, -0.2) is 73.5 Å². The number of nitrogens with zero attached hydrogens (tertiary/aromatic N) is 2. The van der Waals surface area contributed by atoms with Gasteiger partial charge in [0.2, 0.25) is 11.8 Å². The lowest BCUT2D eigenvalue weighted by Crippen LogP contribution is -2.49. The van der Waals surface area contributed by atoms with Crippen LogP contribution in [0.4, 0.5) is 0 Å². The molecule has 0 saturated carbocycles. The van der Waals surface area contributed by atoms with Crippen LogP contribution in [0.5, 0.6) is 0 Å². The lowest BCUT2D eigenvalue weighted by atomic mass is 10.2. The molecule has 1 fully saturated rings. The number of amides is 2. The number of hydrogen-bond acceptors (Lipinski definition) is 5. The highest BCUT2D eigenvalue weighted by Crippen LogP contribution is 2.05. The van der Waals surface area contributed by atoms with Gasteiger partial charge in [0.25, 0.3) is 0 Å². The average molecular weight is 285 g/mol. The summed E-state index contributed by atoms with van der Waals surface area (Å²) >= 11 is 0. The van der Waals surface area contributed by atoms with E-state index in [0.717, 1.165) is 19.5 Å². The Bertz CT molecular complexity index is 373. The smallest absolute Gasteiger partial charge is 0.329 e. The SMILES string of the molecule is COC(=O)C(CN1CCCN(C(C)=O)CC1)NC(C)=O. The molecule has 1 heterocycles. The van der Waals surface area contributed by atoms with Crippen molar-refractivity contribution in [3.63, 3.8) is 0 Å². The van der Waals surface area contributed by atoms with Crippen molar-refractivity contribution >= 4 is 17.8 Å². The van der Waals surface area contributed by atoms with Gasteiger partial charge >= 0.3 is 5.97 Å². The third kappa shape index (κ3) is 5.16. The third-order valence-corrected chi connectivity index (χ3v) is 3.34. The number of hydrogen-bond donors (Lipinski definition) is 1. The molecule has 7 heteroatoms. The number of esters is 1. The molecule has 0 radical (unpaired) electrons. The number of rotatable bonds is 4. The minimum Gasteiger partial charge on any atom is -0.467 e. The van der Waals surface area contributed by atoms with Gasteiger partial charge < -0.3 is 15.0 Å². The fraction of sp³-hybridized carbons (Fsp3) is 0.769. The average Bonchev–Trinajstić information content (AvgIpc) is 2.62. The summed E-state index contributed by atoms with van der Waals surface area (Å²) in [6.07, 6.45) is 0.855. The van der Waals surface area contributed by atoms with Crippen LogP contribution in [0.2, 0.25) is 0 Å². The van der Waals surface area contributed by atoms with E-state index in [1.165, 1.54) is 14.0 Å². The van der Waals surface area contributed by atoms with E-state index in [-0.39, 0.29) is 11.8 Å². The van der Waals surface area contributed by atoms with Crippen LogP contribution >= 0.6 is 0 Å². The first kappa shape index (κ1) is 16.4. The Labute approximate surface area is 119 Å². The predicted molar refractivity (Wildman–Crippen MR) is 72.9 cm³/mol. The molecule has 1 saturated heterocycles. The van der Waals surface area contributed by atoms with E-state index in [9.17, 15) is 14.4 Å². The maximum absolute atomic E-state index is 11.7. The molecule has 0 aromatic rings. The van der Waals surface area contributed by atoms with Crippen molar-refractivity contribution in [2.45, 2.75) is 26.3 Å². The van der Waals surface area contributed by atoms with E-state index in [1.54, 1.807) is 11.8 Å². The van der Waals surface area contributed by atoms with E-state index >= 15 is 0 Å². The van der Waals surface area contributed by atoms with Gasteiger partial charge in [0.1, 0.15) is 6.04 Å². The zero-order valence-electron chi connectivity index (χ0n) is 12.3. The van der Waals surface area contributed by atoms with Crippen LogP contribution in [0.3, 0.4) is 0 Å². The van der Waals surface area contributed by atoms with E-state index in [0.29, 0.717) is 19.6 Å². The van der Waals surface area contributed by atoms with E-state index in [1.807, 2.05) is 0 Å². The normalized spacial score (nSPS) is 18.1. The van der Waals surface area contributed by atoms with Gasteiger partial charge in [0.15, 0.2) is 0 Å². The molecule has 1 aliphatic heterocycles. The Morgan fingerprint density at radius 2 is 1.85 bits per heavy atom. The van der Waals surface area contributed by atoms with Crippen molar-refractivity contribution in [1.82, 2.24) is 15.1 Å². The predicted octanol–water partition coefficient (Wildman–Crippen LogP) is -0.782. The topological polar surface area (TPSA) is 79.0 Å². The monoisotopic (exact) mass is 285 g/mol. The molecule has 0 bridgehead atoms. The van der Waals surface area contributed by atoms with Crippen LogP contribution in [0, 0.1) is 0 Å². The van der Waals surface area contributed by atoms with Crippen LogP contribution < -0.4 is 5.32 Å². The van der Waals surface area contributed by atoms with Gasteiger partial charge in [0, 0.05) is 40.0 Å². The summed E-state index contributed by atoms with van der Waals surface area (Å²) in [5.41, 5.74) is 0. The molecular formula is C13H23N3O4. The highest BCUT2D eigenvalue weighted by atomic mass is 16.5. The Morgan fingerprint density at radius 1 is 1.15 bits per heavy atom. The first-order valence-electron chi connectivity index (χ1n) is 6.77. The molecule has 20 heavy (non-hydrogen) atoms. The van der Waals surface area contributed by atoms with Crippen LogP contribution in [0.1, 0.15) is 20.3 Å². The fourth-order valence-corrected chi connectivity index (χ4v) is 2.29. The van der Waals surface area contributed by atoms with Crippen molar-refractivity contribution in [3.05, 3.63) is 0 Å². The minimum atomic E-state index is -0.665. The van der Waals surface area contributed by atoms with Crippen molar-refractivity contribution in [2.75, 3.05) is 39.8 Å². The minimum absolute atomic E-state index is 0.0678. The second-order valence-electron chi connectivity index (χ2n) is 4.94. The highest BCUT2D eigenvalue weighted by Gasteiger charge is 2.25. The molecule has 7 nitrogen and oxygen atoms in total. The molecule has 0 aliphatic carbocycles. The van der Waals surface area contributed by atoms with Crippen LogP contribution in [0.25, 0.3) is 0 Å². The van der Waals surface area contributed by atoms with E-state index in [4.69, 9.17) is 4.74 Å². The maximum atomic E-state index is 11.7. The Morgan fingerprint density at radius 3 is 2.40 bits per heavy atom. The summed E-state index contributed by atoms with van der Waals surface area (Å²) in [6, 6.07) is -0.665. The quantitative estimate of drug-likeness (QED) is 0.685. The third-order valence-electron chi connectivity index (χ3n) is 3.34. The molecule has 0 spiro atoms. The van der Waals surface area contributed by atoms with Crippen LogP contribution in [0.15, 0.2) is 0 Å². The maximum Gasteiger partial charge on any atom is 0.329 e. The molecule has 2 amide bonds. The van der Waals surface area contributed by atoms with Crippen molar-refractivity contribution in [3.8, 4) is 0 Å². The number of methoxy groups -OCH3 is 1. The fourth-order valence-electron chi connectivity index (χ4n) is 2.29. The number of carbonyl (C=O) groups is 3. The molecule has 114 valence electrons. The van der Waals surface area contributed by atoms with Gasteiger partial charge in [-0.1, -0.05) is 0 Å². The standard InChI is InChI=1S/C13H23N3O4/c1-10(17)14-12(13(19)20-3)9-15-5-4-6-16(8-7-15)11(2)18/h12H,4-9H2,1-3H3,(H,14,17). The summed E-state index contributed by atoms with van der Waals surface area (Å²) in [5.74, 6) is -0.647. The van der Waals surface area contributed by atoms with Crippen molar-refractivity contribution < 1.29 is 19.1 Å². The van der Waals surface area contributed by atoms with Gasteiger partial charge in [-0.15, -0.1) is 0 Å². The molecule has 1 N–H and O–H groups in total. The summed E-state index contributed by atoms with van der Waals surface area (Å²) in [6.45, 7) is 6.18. The molecule has 0 aromatic heterocycles. The number of carbonyl (C=O) groups excluding carboxylic acids is 3. The molecule has 1 aliphatic rings. The Kier molecular flexibility index (Phi) is 6.44. The lowest BCUT2D eigenvalue weighted by Gasteiger charge is -2.25. The molecule has 1 rings (SSSR count). The van der Waals surface area contributed by atoms with Gasteiger partial charge in [-0.2, -0.15) is 0 Å². The second kappa shape index (κ2) is 7.84. The highest BCUT2D eigenvalue weighted by molar-refractivity contribution is 5.83. The zero-order chi connectivity index (χ0) is 15.1. The van der Waals surface area contributed by atoms with Crippen molar-refractivity contribution in [1.29, 1.82) is 0 Å². The number of ether oxygens (including phenoxy) is 1. The Balaban J connectivity index is 2.57. The molecule has 0 aromatic carbocycles. The van der Waals surface area contributed by atoms with Gasteiger partial charge in [-0.25, -0.2) is 4.79 Å². The van der Waals surface area contributed by atoms with Crippen molar-refractivity contribution in [2.24, 2.45) is 0 Å². The largest absolute Gasteiger partial charge is 0.467 e. The summed E-state index contributed by atoms with van der Waals surface area (Å²) in [7, 11) is 1.30. The van der Waals surface area contributed by atoms with E-state index in [2.05, 4.69) is 10.2 Å². The zero-order valence-corrected chi connectivity index (χ0v) is 12.3. The Hall–Kier alpha value is -1.63. The van der Waals surface area contributed by atoms with Crippen LogP contribution in [-0.2, 0) is 19.1 Å². The lowest BCUT2D eigenvalue weighted by molar-refractivity contribution is -0.145. The van der Waals surface area contributed by atoms with Gasteiger partial charge in [0.05, 0.1) is 7.11 Å². The summed E-state index contributed by atoms with van der Waals surface area (Å²) in [4.78, 5) is 38.0. The first-order chi connectivity index (χ1) is 9.43. The van der Waals surface area contributed by atoms with Gasteiger partial charge in [-0.05, 0) is 13.0 Å². The molecular weight excluding hydrogens is 262 g/mol. The van der Waals surface area contributed by atoms with E-state index < -0.39 is 12.0 Å². The van der Waals surface area contributed by atoms with Gasteiger partial charge in [-0.3, -0.25) is 14.5 Å². The number of nitrogens with one attached hydrogen (secondary N) is 1. The molecule has 1 unspecified atom stereocenters. The second-order valence-corrected chi connectivity index (χ2v) is 4.94. The molecule has 1 atom stereocenters. The first-order valence-corrected chi connectivity index (χ1v) is 6.77. The summed E-state index contributed by atoms with van der Waals surface area (Å²) in [5, 5.41) is 2.60.